The molecule has 1 aromatic carbocycles. The Morgan fingerprint density at radius 1 is 1.21 bits per heavy atom. The lowest BCUT2D eigenvalue weighted by molar-refractivity contribution is 0.0184. The zero-order valence-corrected chi connectivity index (χ0v) is 17.3. The molecule has 1 fully saturated rings. The van der Waals surface area contributed by atoms with E-state index in [0.717, 1.165) is 50.2 Å². The summed E-state index contributed by atoms with van der Waals surface area (Å²) >= 11 is 0. The fourth-order valence-electron chi connectivity index (χ4n) is 3.57. The minimum Gasteiger partial charge on any atom is -0.497 e. The zero-order valence-electron chi connectivity index (χ0n) is 17.3. The number of carbonyl (C=O) groups excluding carboxylic acids is 1. The van der Waals surface area contributed by atoms with Crippen LogP contribution in [0.5, 0.6) is 5.75 Å². The fourth-order valence-corrected chi connectivity index (χ4v) is 3.57. The Hall–Kier alpha value is -2.50. The Kier molecular flexibility index (Phi) is 6.27. The average Bonchev–Trinajstić information content (AvgIpc) is 3.08. The van der Waals surface area contributed by atoms with Gasteiger partial charge in [-0.2, -0.15) is 5.10 Å². The molecule has 0 spiro atoms. The van der Waals surface area contributed by atoms with Crippen molar-refractivity contribution in [3.63, 3.8) is 0 Å². The van der Waals surface area contributed by atoms with E-state index in [2.05, 4.69) is 22.3 Å². The van der Waals surface area contributed by atoms with E-state index in [1.54, 1.807) is 7.11 Å². The third-order valence-electron chi connectivity index (χ3n) is 5.11. The Morgan fingerprint density at radius 2 is 1.89 bits per heavy atom. The van der Waals surface area contributed by atoms with E-state index in [-0.39, 0.29) is 6.09 Å². The van der Waals surface area contributed by atoms with Crippen molar-refractivity contribution in [1.82, 2.24) is 15.1 Å². The van der Waals surface area contributed by atoms with Crippen molar-refractivity contribution >= 4 is 6.09 Å². The number of nitrogens with one attached hydrogen (secondary N) is 1. The van der Waals surface area contributed by atoms with Gasteiger partial charge in [0.1, 0.15) is 11.4 Å². The van der Waals surface area contributed by atoms with Crippen LogP contribution in [0.15, 0.2) is 30.5 Å². The van der Waals surface area contributed by atoms with E-state index < -0.39 is 5.60 Å². The number of amides is 1. The number of benzene rings is 1. The predicted molar refractivity (Wildman–Crippen MR) is 109 cm³/mol. The van der Waals surface area contributed by atoms with Crippen LogP contribution in [0.25, 0.3) is 0 Å². The van der Waals surface area contributed by atoms with Crippen LogP contribution in [0.3, 0.4) is 0 Å². The van der Waals surface area contributed by atoms with Gasteiger partial charge in [-0.3, -0.25) is 5.10 Å². The summed E-state index contributed by atoms with van der Waals surface area (Å²) in [6, 6.07) is 8.12. The summed E-state index contributed by atoms with van der Waals surface area (Å²) in [5.41, 5.74) is 3.14. The first-order chi connectivity index (χ1) is 13.3. The summed E-state index contributed by atoms with van der Waals surface area (Å²) < 4.78 is 10.7. The second kappa shape index (κ2) is 8.67. The third-order valence-corrected chi connectivity index (χ3v) is 5.11. The molecule has 0 aliphatic carbocycles. The fraction of sp³-hybridized carbons (Fsp3) is 0.545. The summed E-state index contributed by atoms with van der Waals surface area (Å²) in [6.07, 6.45) is 5.59. The maximum Gasteiger partial charge on any atom is 0.410 e. The lowest BCUT2D eigenvalue weighted by atomic mass is 9.89. The summed E-state index contributed by atoms with van der Waals surface area (Å²) in [6.45, 7) is 7.22. The maximum absolute atomic E-state index is 12.2. The molecular weight excluding hydrogens is 354 g/mol. The van der Waals surface area contributed by atoms with E-state index in [0.29, 0.717) is 5.92 Å². The van der Waals surface area contributed by atoms with Crippen LogP contribution >= 0.6 is 0 Å². The molecule has 28 heavy (non-hydrogen) atoms. The predicted octanol–water partition coefficient (Wildman–Crippen LogP) is 4.20. The van der Waals surface area contributed by atoms with Gasteiger partial charge in [0, 0.05) is 25.7 Å². The smallest absolute Gasteiger partial charge is 0.410 e. The summed E-state index contributed by atoms with van der Waals surface area (Å²) in [5, 5.41) is 7.49. The van der Waals surface area contributed by atoms with Crippen molar-refractivity contribution in [2.24, 2.45) is 5.92 Å². The monoisotopic (exact) mass is 385 g/mol. The van der Waals surface area contributed by atoms with E-state index in [1.165, 1.54) is 11.1 Å². The van der Waals surface area contributed by atoms with Crippen molar-refractivity contribution in [1.29, 1.82) is 0 Å². The number of nitrogens with zero attached hydrogens (tertiary/aromatic N) is 2. The molecule has 1 aromatic heterocycles. The van der Waals surface area contributed by atoms with Gasteiger partial charge in [0.2, 0.25) is 0 Å². The molecule has 0 saturated carbocycles. The second-order valence-electron chi connectivity index (χ2n) is 8.50. The number of aromatic nitrogens is 2. The number of rotatable bonds is 5. The largest absolute Gasteiger partial charge is 0.497 e. The SMILES string of the molecule is COc1ccc(Cc2n[nH]cc2CC2CCN(C(=O)OC(C)(C)C)CC2)cc1. The molecule has 1 saturated heterocycles. The third kappa shape index (κ3) is 5.50. The molecule has 0 bridgehead atoms. The summed E-state index contributed by atoms with van der Waals surface area (Å²) in [7, 11) is 1.68. The van der Waals surface area contributed by atoms with Gasteiger partial charge in [-0.05, 0) is 69.2 Å². The van der Waals surface area contributed by atoms with Crippen LogP contribution in [-0.2, 0) is 17.6 Å². The molecule has 6 heteroatoms. The van der Waals surface area contributed by atoms with E-state index in [9.17, 15) is 4.79 Å². The van der Waals surface area contributed by atoms with Gasteiger partial charge in [-0.15, -0.1) is 0 Å². The molecule has 1 aliphatic rings. The first-order valence-electron chi connectivity index (χ1n) is 9.96. The number of hydrogen-bond donors (Lipinski definition) is 1. The molecule has 1 aliphatic heterocycles. The summed E-state index contributed by atoms with van der Waals surface area (Å²) in [4.78, 5) is 14.0. The van der Waals surface area contributed by atoms with Crippen LogP contribution in [0.4, 0.5) is 4.79 Å². The molecule has 1 amide bonds. The number of ether oxygens (including phenoxy) is 2. The lowest BCUT2D eigenvalue weighted by Crippen LogP contribution is -2.42. The maximum atomic E-state index is 12.2. The number of hydrogen-bond acceptors (Lipinski definition) is 4. The number of carbonyl (C=O) groups is 1. The van der Waals surface area contributed by atoms with Crippen LogP contribution in [0, 0.1) is 5.92 Å². The summed E-state index contributed by atoms with van der Waals surface area (Å²) in [5.74, 6) is 1.42. The normalized spacial score (nSPS) is 15.5. The first kappa shape index (κ1) is 20.2. The lowest BCUT2D eigenvalue weighted by Gasteiger charge is -2.33. The molecule has 6 nitrogen and oxygen atoms in total. The van der Waals surface area contributed by atoms with Gasteiger partial charge in [-0.25, -0.2) is 4.79 Å². The molecule has 0 unspecified atom stereocenters. The molecule has 3 rings (SSSR count). The van der Waals surface area contributed by atoms with Gasteiger partial charge in [0.25, 0.3) is 0 Å². The van der Waals surface area contributed by atoms with Gasteiger partial charge >= 0.3 is 6.09 Å². The van der Waals surface area contributed by atoms with Crippen molar-refractivity contribution in [2.45, 2.75) is 52.1 Å². The molecule has 152 valence electrons. The Bertz CT molecular complexity index is 769. The quantitative estimate of drug-likeness (QED) is 0.838. The van der Waals surface area contributed by atoms with Crippen LogP contribution < -0.4 is 4.74 Å². The van der Waals surface area contributed by atoms with Crippen molar-refractivity contribution < 1.29 is 14.3 Å². The van der Waals surface area contributed by atoms with Crippen molar-refractivity contribution in [3.05, 3.63) is 47.3 Å². The number of aromatic amines is 1. The molecule has 0 atom stereocenters. The number of methoxy groups -OCH3 is 1. The zero-order chi connectivity index (χ0) is 20.1. The van der Waals surface area contributed by atoms with Crippen LogP contribution in [-0.4, -0.2) is 47.0 Å². The van der Waals surface area contributed by atoms with E-state index in [4.69, 9.17) is 9.47 Å². The number of H-pyrrole nitrogens is 1. The average molecular weight is 386 g/mol. The number of piperidine rings is 1. The van der Waals surface area contributed by atoms with Crippen LogP contribution in [0.1, 0.15) is 50.4 Å². The van der Waals surface area contributed by atoms with Crippen LogP contribution in [0.2, 0.25) is 0 Å². The molecule has 2 heterocycles. The highest BCUT2D eigenvalue weighted by Gasteiger charge is 2.27. The van der Waals surface area contributed by atoms with Gasteiger partial charge in [-0.1, -0.05) is 12.1 Å². The molecule has 1 N–H and O–H groups in total. The van der Waals surface area contributed by atoms with Crippen molar-refractivity contribution in [2.75, 3.05) is 20.2 Å². The van der Waals surface area contributed by atoms with E-state index >= 15 is 0 Å². The molecule has 0 radical (unpaired) electrons. The van der Waals surface area contributed by atoms with Crippen molar-refractivity contribution in [3.8, 4) is 5.75 Å². The Morgan fingerprint density at radius 3 is 2.50 bits per heavy atom. The highest BCUT2D eigenvalue weighted by molar-refractivity contribution is 5.68. The molecular formula is C22H31N3O3. The van der Waals surface area contributed by atoms with Gasteiger partial charge in [0.05, 0.1) is 12.8 Å². The Labute approximate surface area is 167 Å². The second-order valence-corrected chi connectivity index (χ2v) is 8.50. The first-order valence-corrected chi connectivity index (χ1v) is 9.96. The minimum absolute atomic E-state index is 0.200. The van der Waals surface area contributed by atoms with E-state index in [1.807, 2.05) is 44.0 Å². The highest BCUT2D eigenvalue weighted by Crippen LogP contribution is 2.25. The molecule has 2 aromatic rings. The van der Waals surface area contributed by atoms with Gasteiger partial charge < -0.3 is 14.4 Å². The number of likely N-dealkylation sites (tertiary alicyclic amines) is 1. The minimum atomic E-state index is -0.443. The topological polar surface area (TPSA) is 67.5 Å². The standard InChI is InChI=1S/C22H31N3O3/c1-22(2,3)28-21(26)25-11-9-17(10-12-25)13-18-15-23-24-20(18)14-16-5-7-19(27-4)8-6-16/h5-8,15,17H,9-14H2,1-4H3,(H,23,24). The highest BCUT2D eigenvalue weighted by atomic mass is 16.6. The Balaban J connectivity index is 1.53. The van der Waals surface area contributed by atoms with Gasteiger partial charge in [0.15, 0.2) is 0 Å².